The van der Waals surface area contributed by atoms with Gasteiger partial charge in [-0.05, 0) is 47.3 Å². The lowest BCUT2D eigenvalue weighted by atomic mass is 9.94. The molecule has 3 aromatic heterocycles. The van der Waals surface area contributed by atoms with E-state index >= 15 is 0 Å². The molecule has 0 saturated carbocycles. The average Bonchev–Trinajstić information content (AvgIpc) is 3.34. The van der Waals surface area contributed by atoms with E-state index in [1.54, 1.807) is 4.68 Å². The van der Waals surface area contributed by atoms with Crippen molar-refractivity contribution >= 4 is 49.6 Å². The minimum absolute atomic E-state index is 0.171. The number of halogens is 3. The normalized spacial score (nSPS) is 24.5. The predicted octanol–water partition coefficient (Wildman–Crippen LogP) is 3.73. The Labute approximate surface area is 167 Å². The Balaban J connectivity index is 1.47. The molecule has 3 aromatic rings. The van der Waals surface area contributed by atoms with Gasteiger partial charge in [-0.15, -0.1) is 0 Å². The molecule has 5 heterocycles. The average molecular weight is 456 g/mol. The molecule has 10 heteroatoms. The molecule has 0 aromatic carbocycles. The number of fused-ring (bicyclic) bond motifs is 4. The Kier molecular flexibility index (Phi) is 3.96. The number of aromatic nitrogens is 5. The highest BCUT2D eigenvalue weighted by Gasteiger charge is 2.47. The van der Waals surface area contributed by atoms with E-state index in [1.807, 2.05) is 7.05 Å². The van der Waals surface area contributed by atoms with E-state index in [9.17, 15) is 4.39 Å². The quantitative estimate of drug-likeness (QED) is 0.609. The van der Waals surface area contributed by atoms with Crippen LogP contribution < -0.4 is 4.74 Å². The monoisotopic (exact) mass is 454 g/mol. The Morgan fingerprint density at radius 2 is 2.30 bits per heavy atom. The van der Waals surface area contributed by atoms with Gasteiger partial charge in [0.2, 0.25) is 0 Å². The van der Waals surface area contributed by atoms with Crippen LogP contribution in [-0.4, -0.2) is 54.9 Å². The first-order valence-corrected chi connectivity index (χ1v) is 9.91. The van der Waals surface area contributed by atoms with Crippen molar-refractivity contribution in [1.29, 1.82) is 0 Å². The predicted molar refractivity (Wildman–Crippen MR) is 104 cm³/mol. The molecule has 142 valence electrons. The summed E-state index contributed by atoms with van der Waals surface area (Å²) in [7, 11) is 1.84. The zero-order valence-electron chi connectivity index (χ0n) is 14.6. The summed E-state index contributed by atoms with van der Waals surface area (Å²) in [6.45, 7) is 2.05. The molecule has 2 saturated heterocycles. The van der Waals surface area contributed by atoms with E-state index in [0.29, 0.717) is 40.4 Å². The van der Waals surface area contributed by atoms with E-state index in [0.717, 1.165) is 42.3 Å². The summed E-state index contributed by atoms with van der Waals surface area (Å²) in [5.41, 5.74) is 2.90. The summed E-state index contributed by atoms with van der Waals surface area (Å²) in [5.74, 6) is 0. The molecule has 2 fully saturated rings. The smallest absolute Gasteiger partial charge is 0.319 e. The second-order valence-corrected chi connectivity index (χ2v) is 8.38. The molecule has 0 amide bonds. The second-order valence-electron chi connectivity index (χ2n) is 7.27. The molecule has 5 rings (SSSR count). The van der Waals surface area contributed by atoms with Crippen molar-refractivity contribution in [3.63, 3.8) is 0 Å². The fourth-order valence-corrected chi connectivity index (χ4v) is 5.21. The van der Waals surface area contributed by atoms with Crippen LogP contribution in [0.1, 0.15) is 19.3 Å². The lowest BCUT2D eigenvalue weighted by Crippen LogP contribution is -2.43. The molecule has 1 N–H and O–H groups in total. The van der Waals surface area contributed by atoms with Crippen LogP contribution in [0.3, 0.4) is 0 Å². The summed E-state index contributed by atoms with van der Waals surface area (Å²) < 4.78 is 21.4. The van der Waals surface area contributed by atoms with Gasteiger partial charge in [-0.2, -0.15) is 15.1 Å². The van der Waals surface area contributed by atoms with Crippen LogP contribution in [-0.2, 0) is 7.05 Å². The third-order valence-electron chi connectivity index (χ3n) is 5.64. The molecule has 0 spiro atoms. The van der Waals surface area contributed by atoms with Crippen LogP contribution in [0.4, 0.5) is 4.39 Å². The number of H-pyrrole nitrogens is 1. The Bertz CT molecular complexity index is 1090. The molecule has 0 aliphatic carbocycles. The maximum atomic E-state index is 13.0. The van der Waals surface area contributed by atoms with Gasteiger partial charge in [0.25, 0.3) is 0 Å². The van der Waals surface area contributed by atoms with Crippen molar-refractivity contribution in [3.05, 3.63) is 21.7 Å². The first kappa shape index (κ1) is 17.4. The van der Waals surface area contributed by atoms with Crippen LogP contribution in [0.5, 0.6) is 6.01 Å². The molecule has 0 radical (unpaired) electrons. The van der Waals surface area contributed by atoms with Crippen molar-refractivity contribution in [2.75, 3.05) is 19.7 Å². The highest BCUT2D eigenvalue weighted by Crippen LogP contribution is 2.42. The Hall–Kier alpha value is -1.71. The number of nitrogens with one attached hydrogen (secondary N) is 1. The van der Waals surface area contributed by atoms with Crippen molar-refractivity contribution in [1.82, 2.24) is 29.6 Å². The number of ether oxygens (including phenoxy) is 1. The molecule has 7 nitrogen and oxygen atoms in total. The van der Waals surface area contributed by atoms with E-state index < -0.39 is 0 Å². The Morgan fingerprint density at radius 1 is 1.44 bits per heavy atom. The van der Waals surface area contributed by atoms with Gasteiger partial charge in [-0.25, -0.2) is 4.39 Å². The first-order chi connectivity index (χ1) is 13.0. The fourth-order valence-electron chi connectivity index (χ4n) is 4.44. The minimum atomic E-state index is -0.171. The van der Waals surface area contributed by atoms with E-state index in [-0.39, 0.29) is 11.5 Å². The number of aryl methyl sites for hydroxylation is 1. The first-order valence-electron chi connectivity index (χ1n) is 8.74. The highest BCUT2D eigenvalue weighted by atomic mass is 79.9. The molecular formula is C17H17BrClFN6O. The number of hydrogen-bond acceptors (Lipinski definition) is 5. The van der Waals surface area contributed by atoms with Crippen LogP contribution in [0.15, 0.2) is 16.5 Å². The molecule has 2 aliphatic heterocycles. The standard InChI is InChI=1S/C17H17BrClFN6O/c1-25-12-10-14(19)22-16(23-15(10)21-11(12)13(18)24-25)27-8-17-3-2-4-26(17)7-9(5-17)6-20/h6H,2-5,7-8H2,1H3,(H,21,22,23)/b9-6-/t17-/m0/s1. The van der Waals surface area contributed by atoms with E-state index in [4.69, 9.17) is 16.3 Å². The van der Waals surface area contributed by atoms with Crippen LogP contribution in [0.2, 0.25) is 5.15 Å². The van der Waals surface area contributed by atoms with Gasteiger partial charge >= 0.3 is 6.01 Å². The van der Waals surface area contributed by atoms with E-state index in [1.165, 1.54) is 0 Å². The van der Waals surface area contributed by atoms with Gasteiger partial charge in [0.1, 0.15) is 22.9 Å². The SMILES string of the molecule is Cn1nc(Br)c2[nH]c3nc(OC[C@@]45CCCN4C/C(=C\F)C5)nc(Cl)c3c21. The number of nitrogens with zero attached hydrogens (tertiary/aromatic N) is 5. The van der Waals surface area contributed by atoms with Gasteiger partial charge in [0.15, 0.2) is 4.60 Å². The molecular weight excluding hydrogens is 439 g/mol. The summed E-state index contributed by atoms with van der Waals surface area (Å²) in [6, 6.07) is 0.224. The summed E-state index contributed by atoms with van der Waals surface area (Å²) in [4.78, 5) is 14.3. The molecule has 0 bridgehead atoms. The topological polar surface area (TPSA) is 71.9 Å². The molecule has 1 atom stereocenters. The summed E-state index contributed by atoms with van der Waals surface area (Å²) in [6.07, 6.45) is 3.48. The van der Waals surface area contributed by atoms with Crippen LogP contribution >= 0.6 is 27.5 Å². The van der Waals surface area contributed by atoms with Crippen molar-refractivity contribution in [3.8, 4) is 6.01 Å². The largest absolute Gasteiger partial charge is 0.461 e. The number of aromatic amines is 1. The van der Waals surface area contributed by atoms with Crippen LogP contribution in [0.25, 0.3) is 22.1 Å². The Morgan fingerprint density at radius 3 is 3.11 bits per heavy atom. The second kappa shape index (κ2) is 6.15. The summed E-state index contributed by atoms with van der Waals surface area (Å²) >= 11 is 9.87. The lowest BCUT2D eigenvalue weighted by Gasteiger charge is -2.30. The van der Waals surface area contributed by atoms with Crippen molar-refractivity contribution < 1.29 is 9.13 Å². The van der Waals surface area contributed by atoms with Crippen molar-refractivity contribution in [2.45, 2.75) is 24.8 Å². The lowest BCUT2D eigenvalue weighted by molar-refractivity contribution is 0.108. The van der Waals surface area contributed by atoms with Crippen molar-refractivity contribution in [2.24, 2.45) is 7.05 Å². The number of rotatable bonds is 3. The third kappa shape index (κ3) is 2.59. The molecule has 2 aliphatic rings. The molecule has 27 heavy (non-hydrogen) atoms. The van der Waals surface area contributed by atoms with E-state index in [2.05, 4.69) is 40.9 Å². The van der Waals surface area contributed by atoms with Gasteiger partial charge in [-0.1, -0.05) is 11.6 Å². The third-order valence-corrected chi connectivity index (χ3v) is 6.47. The summed E-state index contributed by atoms with van der Waals surface area (Å²) in [5, 5.41) is 5.34. The highest BCUT2D eigenvalue weighted by molar-refractivity contribution is 9.10. The zero-order valence-corrected chi connectivity index (χ0v) is 16.9. The minimum Gasteiger partial charge on any atom is -0.461 e. The van der Waals surface area contributed by atoms with Gasteiger partial charge in [0, 0.05) is 13.6 Å². The number of hydrogen-bond donors (Lipinski definition) is 1. The maximum absolute atomic E-state index is 13.0. The zero-order chi connectivity index (χ0) is 18.8. The van der Waals surface area contributed by atoms with Crippen LogP contribution in [0, 0.1) is 0 Å². The van der Waals surface area contributed by atoms with Gasteiger partial charge in [-0.3, -0.25) is 9.58 Å². The maximum Gasteiger partial charge on any atom is 0.319 e. The van der Waals surface area contributed by atoms with Gasteiger partial charge in [0.05, 0.1) is 22.8 Å². The van der Waals surface area contributed by atoms with Gasteiger partial charge < -0.3 is 9.72 Å². The fraction of sp³-hybridized carbons (Fsp3) is 0.471. The molecule has 0 unspecified atom stereocenters.